The lowest BCUT2D eigenvalue weighted by Crippen LogP contribution is -2.42. The van der Waals surface area contributed by atoms with Crippen molar-refractivity contribution in [1.29, 1.82) is 0 Å². The molecule has 4 saturated carbocycles. The summed E-state index contributed by atoms with van der Waals surface area (Å²) in [5.41, 5.74) is 1.82. The number of aromatic nitrogens is 2. The first kappa shape index (κ1) is 23.4. The molecule has 0 spiro atoms. The van der Waals surface area contributed by atoms with Crippen molar-refractivity contribution in [3.8, 4) is 5.75 Å². The van der Waals surface area contributed by atoms with Gasteiger partial charge in [0.05, 0.1) is 11.8 Å². The van der Waals surface area contributed by atoms with Gasteiger partial charge in [0.15, 0.2) is 5.16 Å². The number of hydrogen-bond donors (Lipinski definition) is 2. The molecule has 35 heavy (non-hydrogen) atoms. The number of hydrogen-bond acceptors (Lipinski definition) is 4. The lowest BCUT2D eigenvalue weighted by molar-refractivity contribution is 0.0907. The lowest BCUT2D eigenvalue weighted by atomic mass is 9.79. The molecule has 188 valence electrons. The van der Waals surface area contributed by atoms with Crippen LogP contribution < -0.4 is 10.1 Å². The summed E-state index contributed by atoms with van der Waals surface area (Å²) < 4.78 is 6.29. The monoisotopic (exact) mass is 493 g/mol. The maximum absolute atomic E-state index is 13.1. The molecule has 2 aromatic rings. The largest absolute Gasteiger partial charge is 0.490 e. The van der Waals surface area contributed by atoms with Gasteiger partial charge in [-0.25, -0.2) is 4.98 Å². The quantitative estimate of drug-likeness (QED) is 0.439. The van der Waals surface area contributed by atoms with E-state index in [-0.39, 0.29) is 12.0 Å². The molecule has 5 nitrogen and oxygen atoms in total. The van der Waals surface area contributed by atoms with Crippen molar-refractivity contribution in [3.63, 3.8) is 0 Å². The summed E-state index contributed by atoms with van der Waals surface area (Å²) in [6.07, 6.45) is 15.0. The van der Waals surface area contributed by atoms with Crippen LogP contribution in [0.5, 0.6) is 5.75 Å². The van der Waals surface area contributed by atoms with Gasteiger partial charge < -0.3 is 15.0 Å². The van der Waals surface area contributed by atoms with Gasteiger partial charge in [0, 0.05) is 23.6 Å². The summed E-state index contributed by atoms with van der Waals surface area (Å²) in [5, 5.41) is 4.50. The van der Waals surface area contributed by atoms with Crippen molar-refractivity contribution < 1.29 is 9.53 Å². The summed E-state index contributed by atoms with van der Waals surface area (Å²) >= 11 is 1.83. The van der Waals surface area contributed by atoms with Crippen LogP contribution in [0.1, 0.15) is 80.3 Å². The molecular weight excluding hydrogens is 454 g/mol. The summed E-state index contributed by atoms with van der Waals surface area (Å²) in [6.45, 7) is 2.02. The normalized spacial score (nSPS) is 33.9. The number of rotatable bonds is 7. The van der Waals surface area contributed by atoms with Crippen molar-refractivity contribution in [2.45, 2.75) is 88.4 Å². The van der Waals surface area contributed by atoms with Crippen LogP contribution in [0.2, 0.25) is 0 Å². The van der Waals surface area contributed by atoms with Crippen LogP contribution in [0.3, 0.4) is 0 Å². The van der Waals surface area contributed by atoms with Gasteiger partial charge in [0.25, 0.3) is 5.91 Å². The first-order chi connectivity index (χ1) is 17.1. The zero-order valence-electron chi connectivity index (χ0n) is 20.9. The zero-order valence-corrected chi connectivity index (χ0v) is 21.7. The fourth-order valence-electron chi connectivity index (χ4n) is 7.53. The van der Waals surface area contributed by atoms with E-state index < -0.39 is 0 Å². The summed E-state index contributed by atoms with van der Waals surface area (Å²) in [7, 11) is 0. The second-order valence-corrected chi connectivity index (χ2v) is 12.6. The highest BCUT2D eigenvalue weighted by Gasteiger charge is 2.49. The number of H-pyrrole nitrogens is 1. The molecule has 1 amide bonds. The molecular formula is C29H39N3O2S. The molecule has 6 rings (SSSR count). The maximum Gasteiger partial charge on any atom is 0.251 e. The van der Waals surface area contributed by atoms with Crippen LogP contribution in [0.15, 0.2) is 35.6 Å². The number of aryl methyl sites for hydroxylation is 1. The first-order valence-corrected chi connectivity index (χ1v) is 14.8. The molecule has 2 N–H and O–H groups in total. The molecule has 0 radical (unpaired) electrons. The van der Waals surface area contributed by atoms with Crippen molar-refractivity contribution >= 4 is 17.7 Å². The number of nitrogens with one attached hydrogen (secondary N) is 2. The van der Waals surface area contributed by atoms with Gasteiger partial charge in [-0.1, -0.05) is 24.6 Å². The molecule has 1 aromatic carbocycles. The lowest BCUT2D eigenvalue weighted by Gasteiger charge is -2.30. The van der Waals surface area contributed by atoms with Gasteiger partial charge in [0.1, 0.15) is 5.75 Å². The highest BCUT2D eigenvalue weighted by Crippen LogP contribution is 2.53. The third kappa shape index (κ3) is 5.28. The van der Waals surface area contributed by atoms with Crippen molar-refractivity contribution in [3.05, 3.63) is 41.7 Å². The van der Waals surface area contributed by atoms with E-state index in [0.717, 1.165) is 58.5 Å². The second kappa shape index (κ2) is 10.2. The molecule has 0 saturated heterocycles. The molecule has 4 aliphatic carbocycles. The van der Waals surface area contributed by atoms with E-state index in [2.05, 4.69) is 15.3 Å². The number of aromatic amines is 1. The third-order valence-electron chi connectivity index (χ3n) is 9.25. The van der Waals surface area contributed by atoms with Crippen molar-refractivity contribution in [1.82, 2.24) is 15.3 Å². The standard InChI is InChI=1S/C29H39N3O2S/c1-18-16-30-29(31-18)35-17-19-5-9-24(10-6-19)34-25-11-7-21(8-12-25)28(33)32-27-23-14-20-3-2-4-26(27)22(13-20)15-23/h7-8,11-12,16,19-20,22-24,26-27H,2-6,9-10,13-15,17H2,1H3,(H,30,31)(H,32,33). The Hall–Kier alpha value is -1.95. The van der Waals surface area contributed by atoms with Crippen LogP contribution in [-0.4, -0.2) is 33.8 Å². The van der Waals surface area contributed by atoms with Gasteiger partial charge in [-0.3, -0.25) is 4.79 Å². The predicted octanol–water partition coefficient (Wildman–Crippen LogP) is 6.39. The molecule has 1 aromatic heterocycles. The number of imidazole rings is 1. The fraction of sp³-hybridized carbons (Fsp3) is 0.655. The van der Waals surface area contributed by atoms with E-state index in [1.165, 1.54) is 51.4 Å². The fourth-order valence-corrected chi connectivity index (χ4v) is 8.61. The Balaban J connectivity index is 0.973. The number of nitrogens with zero attached hydrogens (tertiary/aromatic N) is 1. The maximum atomic E-state index is 13.1. The van der Waals surface area contributed by atoms with Crippen LogP contribution in [0.4, 0.5) is 0 Å². The highest BCUT2D eigenvalue weighted by molar-refractivity contribution is 7.99. The van der Waals surface area contributed by atoms with E-state index in [4.69, 9.17) is 4.74 Å². The average Bonchev–Trinajstić information content (AvgIpc) is 3.34. The second-order valence-electron chi connectivity index (χ2n) is 11.6. The number of ether oxygens (including phenoxy) is 1. The van der Waals surface area contributed by atoms with Gasteiger partial charge in [-0.05, 0) is 112 Å². The Labute approximate surface area is 213 Å². The molecule has 4 fully saturated rings. The van der Waals surface area contributed by atoms with E-state index in [1.807, 2.05) is 49.1 Å². The van der Waals surface area contributed by atoms with Crippen molar-refractivity contribution in [2.75, 3.05) is 5.75 Å². The Morgan fingerprint density at radius 3 is 2.63 bits per heavy atom. The number of carbonyl (C=O) groups excluding carboxylic acids is 1. The summed E-state index contributed by atoms with van der Waals surface area (Å²) in [5.74, 6) is 6.00. The molecule has 0 aliphatic heterocycles. The van der Waals surface area contributed by atoms with E-state index in [9.17, 15) is 4.79 Å². The number of thioether (sulfide) groups is 1. The molecule has 5 atom stereocenters. The molecule has 6 heteroatoms. The van der Waals surface area contributed by atoms with Crippen LogP contribution in [0.25, 0.3) is 0 Å². The van der Waals surface area contributed by atoms with Crippen LogP contribution in [0, 0.1) is 36.5 Å². The van der Waals surface area contributed by atoms with E-state index in [1.54, 1.807) is 0 Å². The van der Waals surface area contributed by atoms with Crippen molar-refractivity contribution in [2.24, 2.45) is 29.6 Å². The minimum atomic E-state index is 0.0981. The minimum Gasteiger partial charge on any atom is -0.490 e. The number of benzene rings is 1. The molecule has 4 aliphatic rings. The molecule has 3 bridgehead atoms. The average molecular weight is 494 g/mol. The highest BCUT2D eigenvalue weighted by atomic mass is 32.2. The van der Waals surface area contributed by atoms with Crippen LogP contribution in [-0.2, 0) is 0 Å². The number of fused-ring (bicyclic) bond motifs is 2. The predicted molar refractivity (Wildman–Crippen MR) is 140 cm³/mol. The Bertz CT molecular complexity index is 1010. The number of carbonyl (C=O) groups is 1. The third-order valence-corrected chi connectivity index (χ3v) is 10.4. The summed E-state index contributed by atoms with van der Waals surface area (Å²) in [6, 6.07) is 8.25. The van der Waals surface area contributed by atoms with E-state index in [0.29, 0.717) is 17.9 Å². The Morgan fingerprint density at radius 2 is 1.86 bits per heavy atom. The SMILES string of the molecule is Cc1c[nH]c(SCC2CCC(Oc3ccc(C(=O)NC4C5CC6CCCC4C(C6)C5)cc3)CC2)n1. The Kier molecular flexibility index (Phi) is 6.83. The smallest absolute Gasteiger partial charge is 0.251 e. The van der Waals surface area contributed by atoms with Gasteiger partial charge in [-0.2, -0.15) is 0 Å². The van der Waals surface area contributed by atoms with Gasteiger partial charge in [-0.15, -0.1) is 0 Å². The van der Waals surface area contributed by atoms with Crippen LogP contribution >= 0.6 is 11.8 Å². The minimum absolute atomic E-state index is 0.0981. The molecule has 5 unspecified atom stereocenters. The number of amides is 1. The topological polar surface area (TPSA) is 67.0 Å². The zero-order chi connectivity index (χ0) is 23.8. The van der Waals surface area contributed by atoms with Gasteiger partial charge >= 0.3 is 0 Å². The summed E-state index contributed by atoms with van der Waals surface area (Å²) in [4.78, 5) is 20.8. The van der Waals surface area contributed by atoms with Gasteiger partial charge in [0.2, 0.25) is 0 Å². The Morgan fingerprint density at radius 1 is 1.06 bits per heavy atom. The van der Waals surface area contributed by atoms with E-state index >= 15 is 0 Å². The first-order valence-electron chi connectivity index (χ1n) is 13.8. The molecule has 1 heterocycles.